The second-order valence-electron chi connectivity index (χ2n) is 32.5. The molecule has 50 heteroatoms. The SMILES string of the molecule is C[C@H]1CCCN1C(=O)c1nc(-c2noc(C(C)(C)O)n2)sc1-c1cnc(C(C)(C(F)(F)F)C(F)(F)F)cc1C(F)(F)F.C[C@H]1CCCN1C(=O)c1nc(-c2noc(CC(C)(C)OC=O)n2)sc1-c1ccc(C(C)(C(F)(F)F)C(F)(F)F)cc1C(F)F.Cc1cc(C(C)(C(F)(F)F)C(F)(F)F)ccc1-c1sc(-c2noc(CC(C)(C)OC=O)n2)nc1C(=O)N1CCC[C@@H]1C. The van der Waals surface area contributed by atoms with E-state index >= 15 is 0 Å². The summed E-state index contributed by atoms with van der Waals surface area (Å²) in [4.78, 5) is 94.6. The number of alkyl halides is 23. The fourth-order valence-corrected chi connectivity index (χ4v) is 17.0. The Balaban J connectivity index is 0.000000200. The summed E-state index contributed by atoms with van der Waals surface area (Å²) in [6.45, 7) is 17.0. The van der Waals surface area contributed by atoms with Crippen molar-refractivity contribution in [2.45, 2.75) is 242 Å². The van der Waals surface area contributed by atoms with Crippen molar-refractivity contribution >= 4 is 64.7 Å². The number of nitrogens with zero attached hydrogens (tertiary/aromatic N) is 13. The number of hydrogen-bond donors (Lipinski definition) is 1. The second-order valence-corrected chi connectivity index (χ2v) is 35.5. The molecule has 10 heterocycles. The lowest BCUT2D eigenvalue weighted by Gasteiger charge is -2.34. The van der Waals surface area contributed by atoms with Crippen molar-refractivity contribution in [3.05, 3.63) is 117 Å². The molecule has 0 saturated carbocycles. The highest BCUT2D eigenvalue weighted by atomic mass is 32.1. The molecule has 1 N–H and O–H groups in total. The Labute approximate surface area is 722 Å². The van der Waals surface area contributed by atoms with Crippen LogP contribution in [0.5, 0.6) is 0 Å². The highest BCUT2D eigenvalue weighted by Crippen LogP contribution is 2.57. The first-order valence-corrected chi connectivity index (χ1v) is 40.7. The Bertz CT molecular complexity index is 5520. The predicted octanol–water partition coefficient (Wildman–Crippen LogP) is 20.5. The molecule has 2 aromatic carbocycles. The fourth-order valence-electron chi connectivity index (χ4n) is 13.9. The quantitative estimate of drug-likeness (QED) is 0.0487. The maximum atomic E-state index is 14.4. The van der Waals surface area contributed by atoms with Crippen LogP contribution in [0.2, 0.25) is 0 Å². The molecular weight excluding hydrogens is 1830 g/mol. The lowest BCUT2D eigenvalue weighted by atomic mass is 9.79. The molecule has 3 aliphatic rings. The number of halogens is 23. The summed E-state index contributed by atoms with van der Waals surface area (Å²) in [7, 11) is 0. The van der Waals surface area contributed by atoms with Gasteiger partial charge in [-0.05, 0) is 163 Å². The standard InChI is InChI=1S/C27H26F8N4O4S.C27H28F6N4O4S.C24H22F9N5O3S/c1-13-6-5-9-39(13)23(41)18-19(44-22(37-18)21-36-17(43-38-21)11-24(2,3)42-12-40)15-8-7-14(10-16(15)20(28)29)25(4,26(30,31)32)27(33,34)35;1-14-11-16(25(5,26(28,29)30)27(31,32)33)8-9-17(14)20-19(23(39)37-10-6-7-15(37)2)35-22(42-20)21-34-18(41-36-21)12-24(3,4)40-13-38;1-10-6-5-7-38(10)18(39)14-15(42-17(35-14)16-36-19(41-37-16)20(2,3)40)11-9-34-13(8-12(11)22(25,26)27)21(4,23(28,29)30)24(31,32)33/h7-8,10,12-13,20H,5-6,9,11H2,1-4H3;8-9,11,13,15H,6-7,10,12H2,1-5H3;8-10,40H,5-7H2,1-4H3/t13-;15-;10-/m000/s1. The number of likely N-dealkylation sites (tertiary alicyclic amines) is 3. The molecule has 3 amide bonds. The minimum atomic E-state index is -6.05. The van der Waals surface area contributed by atoms with Gasteiger partial charge < -0.3 is 42.8 Å². The highest BCUT2D eigenvalue weighted by molar-refractivity contribution is 7.19. The van der Waals surface area contributed by atoms with Gasteiger partial charge >= 0.3 is 43.2 Å². The molecule has 0 spiro atoms. The molecule has 7 aromatic heterocycles. The molecule has 12 rings (SSSR count). The van der Waals surface area contributed by atoms with Gasteiger partial charge in [0.25, 0.3) is 43.0 Å². The first kappa shape index (κ1) is 99.8. The number of aryl methyl sites for hydroxylation is 1. The number of pyridine rings is 1. The van der Waals surface area contributed by atoms with Crippen molar-refractivity contribution in [2.75, 3.05) is 19.6 Å². The molecule has 698 valence electrons. The van der Waals surface area contributed by atoms with Crippen LogP contribution in [-0.4, -0.2) is 187 Å². The van der Waals surface area contributed by atoms with Crippen LogP contribution >= 0.6 is 34.0 Å². The molecule has 0 unspecified atom stereocenters. The number of amides is 3. The van der Waals surface area contributed by atoms with Gasteiger partial charge in [0.05, 0.1) is 38.7 Å². The summed E-state index contributed by atoms with van der Waals surface area (Å²) >= 11 is 2.02. The lowest BCUT2D eigenvalue weighted by molar-refractivity contribution is -0.299. The van der Waals surface area contributed by atoms with Gasteiger partial charge in [-0.2, -0.15) is 107 Å². The predicted molar refractivity (Wildman–Crippen MR) is 408 cm³/mol. The second kappa shape index (κ2) is 35.8. The summed E-state index contributed by atoms with van der Waals surface area (Å²) in [5, 5.41) is 21.3. The number of carbonyl (C=O) groups excluding carboxylic acids is 5. The summed E-state index contributed by atoms with van der Waals surface area (Å²) in [6, 6.07) is 3.11. The summed E-state index contributed by atoms with van der Waals surface area (Å²) in [6.07, 6.45) is -39.8. The summed E-state index contributed by atoms with van der Waals surface area (Å²) in [5.41, 5.74) is -26.3. The minimum absolute atomic E-state index is 0.000788. The molecule has 3 aliphatic heterocycles. The van der Waals surface area contributed by atoms with Crippen molar-refractivity contribution in [2.24, 2.45) is 0 Å². The van der Waals surface area contributed by atoms with Crippen LogP contribution in [0.1, 0.15) is 211 Å². The van der Waals surface area contributed by atoms with Crippen molar-refractivity contribution in [3.8, 4) is 63.8 Å². The van der Waals surface area contributed by atoms with Crippen LogP contribution in [0.4, 0.5) is 101 Å². The molecule has 0 bridgehead atoms. The topological polar surface area (TPSA) is 302 Å². The van der Waals surface area contributed by atoms with E-state index in [1.54, 1.807) is 46.4 Å². The van der Waals surface area contributed by atoms with Gasteiger partial charge in [0.2, 0.25) is 29.3 Å². The van der Waals surface area contributed by atoms with E-state index in [1.165, 1.54) is 30.6 Å². The van der Waals surface area contributed by atoms with E-state index in [1.807, 2.05) is 6.92 Å². The van der Waals surface area contributed by atoms with E-state index in [2.05, 4.69) is 50.4 Å². The van der Waals surface area contributed by atoms with Crippen LogP contribution in [0.15, 0.2) is 62.2 Å². The lowest BCUT2D eigenvalue weighted by Crippen LogP contribution is -2.52. The van der Waals surface area contributed by atoms with E-state index in [0.29, 0.717) is 80.1 Å². The molecule has 9 aromatic rings. The average molecular weight is 1900 g/mol. The third-order valence-electron chi connectivity index (χ3n) is 21.8. The highest BCUT2D eigenvalue weighted by Gasteiger charge is 2.71. The number of aliphatic hydroxyl groups is 1. The average Bonchev–Trinajstić information content (AvgIpc) is 1.01. The summed E-state index contributed by atoms with van der Waals surface area (Å²) < 4.78 is 344. The molecule has 24 nitrogen and oxygen atoms in total. The molecule has 0 aliphatic carbocycles. The number of carbonyl (C=O) groups is 5. The Kier molecular flexibility index (Phi) is 27.9. The van der Waals surface area contributed by atoms with Crippen molar-refractivity contribution in [1.29, 1.82) is 0 Å². The number of rotatable bonds is 22. The number of benzene rings is 2. The van der Waals surface area contributed by atoms with Crippen LogP contribution in [0.3, 0.4) is 0 Å². The van der Waals surface area contributed by atoms with E-state index in [0.717, 1.165) is 42.4 Å². The van der Waals surface area contributed by atoms with Gasteiger partial charge in [0.15, 0.2) is 31.3 Å². The maximum Gasteiger partial charge on any atom is 0.417 e. The van der Waals surface area contributed by atoms with E-state index < -0.39 is 150 Å². The number of ether oxygens (including phenoxy) is 2. The van der Waals surface area contributed by atoms with E-state index in [-0.39, 0.29) is 166 Å². The number of thiazole rings is 3. The normalized spacial score (nSPS) is 16.8. The zero-order chi connectivity index (χ0) is 95.7. The van der Waals surface area contributed by atoms with Crippen LogP contribution in [-0.2, 0) is 59.9 Å². The van der Waals surface area contributed by atoms with Crippen LogP contribution in [0.25, 0.3) is 63.8 Å². The zero-order valence-electron chi connectivity index (χ0n) is 69.1. The molecule has 3 atom stereocenters. The van der Waals surface area contributed by atoms with Gasteiger partial charge in [-0.15, -0.1) is 34.0 Å². The van der Waals surface area contributed by atoms with Crippen molar-refractivity contribution in [1.82, 2.24) is 65.1 Å². The third kappa shape index (κ3) is 20.0. The largest absolute Gasteiger partial charge is 0.461 e. The molecular formula is C78H76F23N13O11S3. The number of hydrogen-bond acceptors (Lipinski definition) is 24. The Hall–Kier alpha value is -10.4. The van der Waals surface area contributed by atoms with Gasteiger partial charge in [-0.1, -0.05) is 45.8 Å². The van der Waals surface area contributed by atoms with Gasteiger partial charge in [-0.3, -0.25) is 29.0 Å². The Morgan fingerprint density at radius 1 is 0.477 bits per heavy atom. The summed E-state index contributed by atoms with van der Waals surface area (Å²) in [5.74, 6) is -2.58. The van der Waals surface area contributed by atoms with Crippen molar-refractivity contribution in [3.63, 3.8) is 0 Å². The van der Waals surface area contributed by atoms with Crippen LogP contribution in [0, 0.1) is 6.92 Å². The molecule has 128 heavy (non-hydrogen) atoms. The smallest absolute Gasteiger partial charge is 0.417 e. The molecule has 3 fully saturated rings. The van der Waals surface area contributed by atoms with Gasteiger partial charge in [0.1, 0.15) is 33.9 Å². The number of aromatic nitrogens is 10. The van der Waals surface area contributed by atoms with Crippen LogP contribution < -0.4 is 0 Å². The third-order valence-corrected chi connectivity index (χ3v) is 25.1. The van der Waals surface area contributed by atoms with Gasteiger partial charge in [0, 0.05) is 60.6 Å². The monoisotopic (exact) mass is 1900 g/mol. The molecule has 0 radical (unpaired) electrons. The maximum absolute atomic E-state index is 14.4. The first-order valence-electron chi connectivity index (χ1n) is 38.2. The van der Waals surface area contributed by atoms with E-state index in [4.69, 9.17) is 23.0 Å². The zero-order valence-corrected chi connectivity index (χ0v) is 71.6. The van der Waals surface area contributed by atoms with E-state index in [9.17, 15) is 130 Å². The van der Waals surface area contributed by atoms with Crippen molar-refractivity contribution < 1.29 is 153 Å². The first-order chi connectivity index (χ1) is 58.8. The molecule has 3 saturated heterocycles. The fraction of sp³-hybridized carbons (Fsp3) is 0.526. The van der Waals surface area contributed by atoms with Gasteiger partial charge in [-0.25, -0.2) is 23.7 Å². The minimum Gasteiger partial charge on any atom is -0.461 e. The Morgan fingerprint density at radius 3 is 1.14 bits per heavy atom. The Morgan fingerprint density at radius 2 is 0.820 bits per heavy atom.